The topological polar surface area (TPSA) is 175 Å². The molecule has 15 heteroatoms. The highest BCUT2D eigenvalue weighted by atomic mass is 35.5. The van der Waals surface area contributed by atoms with Crippen molar-refractivity contribution in [3.8, 4) is 23.3 Å². The van der Waals surface area contributed by atoms with Gasteiger partial charge >= 0.3 is 0 Å². The van der Waals surface area contributed by atoms with E-state index in [1.54, 1.807) is 30.3 Å². The van der Waals surface area contributed by atoms with E-state index in [4.69, 9.17) is 25.8 Å². The summed E-state index contributed by atoms with van der Waals surface area (Å²) >= 11 is 6.41. The maximum Gasteiger partial charge on any atom is 0.277 e. The quantitative estimate of drug-likeness (QED) is 0.143. The number of nitriles is 1. The van der Waals surface area contributed by atoms with Crippen molar-refractivity contribution in [1.82, 2.24) is 31.9 Å². The Bertz CT molecular complexity index is 1830. The summed E-state index contributed by atoms with van der Waals surface area (Å²) in [5.41, 5.74) is -2.46. The number of hydrogen-bond donors (Lipinski definition) is 6. The first-order valence-corrected chi connectivity index (χ1v) is 19.2. The molecule has 3 atom stereocenters. The lowest BCUT2D eigenvalue weighted by atomic mass is 9.85. The molecule has 0 aliphatic carbocycles. The highest BCUT2D eigenvalue weighted by Crippen LogP contribution is 2.34. The molecule has 3 fully saturated rings. The maximum absolute atomic E-state index is 15.5. The van der Waals surface area contributed by atoms with Gasteiger partial charge in [-0.15, -0.1) is 0 Å². The third kappa shape index (κ3) is 10.4. The molecule has 3 saturated heterocycles. The molecule has 3 aromatic rings. The third-order valence-corrected chi connectivity index (χ3v) is 10.2. The second-order valence-electron chi connectivity index (χ2n) is 14.0. The van der Waals surface area contributed by atoms with Crippen LogP contribution in [0.4, 0.5) is 4.39 Å². The van der Waals surface area contributed by atoms with Gasteiger partial charge in [0.1, 0.15) is 23.1 Å². The molecular formula is C40H47ClFN7O6. The molecule has 3 unspecified atom stereocenters. The zero-order valence-corrected chi connectivity index (χ0v) is 31.2. The van der Waals surface area contributed by atoms with E-state index in [1.165, 1.54) is 36.4 Å². The van der Waals surface area contributed by atoms with E-state index in [-0.39, 0.29) is 39.9 Å². The predicted octanol–water partition coefficient (Wildman–Crippen LogP) is 2.97. The van der Waals surface area contributed by atoms with E-state index < -0.39 is 47.4 Å². The molecule has 6 rings (SSSR count). The molecule has 292 valence electrons. The molecule has 13 nitrogen and oxygen atoms in total. The van der Waals surface area contributed by atoms with Gasteiger partial charge in [-0.1, -0.05) is 29.8 Å². The Morgan fingerprint density at radius 1 is 0.691 bits per heavy atom. The molecule has 0 aromatic heterocycles. The zero-order chi connectivity index (χ0) is 38.6. The molecule has 55 heavy (non-hydrogen) atoms. The number of ether oxygens (including phenoxy) is 3. The van der Waals surface area contributed by atoms with Crippen molar-refractivity contribution < 1.29 is 33.0 Å². The Balaban J connectivity index is 1.58. The van der Waals surface area contributed by atoms with Crippen LogP contribution >= 0.6 is 11.6 Å². The Hall–Kier alpha value is -4.94. The number of rotatable bonds is 14. The highest BCUT2D eigenvalue weighted by Gasteiger charge is 2.64. The molecule has 3 amide bonds. The van der Waals surface area contributed by atoms with E-state index in [2.05, 4.69) is 38.0 Å². The average Bonchev–Trinajstić information content (AvgIpc) is 3.19. The summed E-state index contributed by atoms with van der Waals surface area (Å²) in [6, 6.07) is 18.5. The Morgan fingerprint density at radius 3 is 1.67 bits per heavy atom. The number of nitrogens with one attached hydrogen (secondary N) is 6. The van der Waals surface area contributed by atoms with E-state index in [0.29, 0.717) is 77.8 Å². The van der Waals surface area contributed by atoms with Crippen molar-refractivity contribution in [2.45, 2.75) is 74.5 Å². The summed E-state index contributed by atoms with van der Waals surface area (Å²) in [6.45, 7) is 3.79. The van der Waals surface area contributed by atoms with Crippen LogP contribution in [0.25, 0.3) is 0 Å². The second-order valence-corrected chi connectivity index (χ2v) is 14.4. The SMILES string of the molecule is N#Cc1cccc(OC(C(=O)NC2CCNCC2)C(Oc2cccc(F)c2)(C(=O)NC2CCNCC2)C(Oc2cccc(Cl)c2)C(=O)NC2CCNCC2)c1. The van der Waals surface area contributed by atoms with Crippen molar-refractivity contribution in [3.05, 3.63) is 89.2 Å². The lowest BCUT2D eigenvalue weighted by molar-refractivity contribution is -0.174. The smallest absolute Gasteiger partial charge is 0.277 e. The lowest BCUT2D eigenvalue weighted by Gasteiger charge is -2.43. The number of halogens is 2. The Morgan fingerprint density at radius 2 is 1.16 bits per heavy atom. The number of carbonyl (C=O) groups is 3. The van der Waals surface area contributed by atoms with Crippen LogP contribution in [0.2, 0.25) is 5.02 Å². The van der Waals surface area contributed by atoms with Gasteiger partial charge in [-0.05, 0) is 126 Å². The van der Waals surface area contributed by atoms with Gasteiger partial charge in [-0.3, -0.25) is 14.4 Å². The van der Waals surface area contributed by atoms with Crippen molar-refractivity contribution in [2.75, 3.05) is 39.3 Å². The van der Waals surface area contributed by atoms with Crippen LogP contribution in [0.3, 0.4) is 0 Å². The van der Waals surface area contributed by atoms with Crippen LogP contribution in [0.1, 0.15) is 44.1 Å². The molecule has 3 aliphatic rings. The first kappa shape index (κ1) is 39.7. The van der Waals surface area contributed by atoms with Gasteiger partial charge in [-0.2, -0.15) is 5.26 Å². The van der Waals surface area contributed by atoms with Crippen LogP contribution in [-0.4, -0.2) is 92.9 Å². The molecule has 6 N–H and O–H groups in total. The van der Waals surface area contributed by atoms with E-state index >= 15 is 14.0 Å². The van der Waals surface area contributed by atoms with E-state index in [0.717, 1.165) is 6.07 Å². The first-order valence-electron chi connectivity index (χ1n) is 18.8. The van der Waals surface area contributed by atoms with Gasteiger partial charge in [0, 0.05) is 29.2 Å². The summed E-state index contributed by atoms with van der Waals surface area (Å²) in [5, 5.41) is 29.0. The van der Waals surface area contributed by atoms with Crippen LogP contribution in [0.15, 0.2) is 72.8 Å². The number of piperidine rings is 3. The largest absolute Gasteiger partial charge is 0.475 e. The number of carbonyl (C=O) groups excluding carboxylic acids is 3. The Kier molecular flexibility index (Phi) is 13.8. The Labute approximate surface area is 325 Å². The van der Waals surface area contributed by atoms with Crippen LogP contribution in [0.5, 0.6) is 17.2 Å². The molecule has 0 spiro atoms. The summed E-state index contributed by atoms with van der Waals surface area (Å²) in [7, 11) is 0. The minimum absolute atomic E-state index is 0.0478. The van der Waals surface area contributed by atoms with E-state index in [1.807, 2.05) is 0 Å². The minimum atomic E-state index is -2.68. The normalized spacial score (nSPS) is 19.1. The standard InChI is InChI=1S/C40H47ClFN7O6/c41-27-5-2-8-33(23-27)54-36(38(51)48-30-12-18-45-19-13-30)40(55-34-9-3-6-28(42)24-34,39(52)49-31-14-20-46-21-15-31)35(37(50)47-29-10-16-44-17-11-29)53-32-7-1-4-26(22-32)25-43/h1-9,22-24,29-31,35-36,44-46H,10-21H2,(H,47,50)(H,48,51)(H,49,52). The van der Waals surface area contributed by atoms with Crippen molar-refractivity contribution in [3.63, 3.8) is 0 Å². The van der Waals surface area contributed by atoms with Gasteiger partial charge in [0.15, 0.2) is 0 Å². The average molecular weight is 776 g/mol. The van der Waals surface area contributed by atoms with Crippen LogP contribution < -0.4 is 46.1 Å². The monoisotopic (exact) mass is 775 g/mol. The summed E-state index contributed by atoms with van der Waals surface area (Å²) < 4.78 is 34.8. The zero-order valence-electron chi connectivity index (χ0n) is 30.5. The molecule has 3 heterocycles. The third-order valence-electron chi connectivity index (χ3n) is 10.0. The number of hydrogen-bond acceptors (Lipinski definition) is 10. The number of nitrogens with zero attached hydrogens (tertiary/aromatic N) is 1. The van der Waals surface area contributed by atoms with Gasteiger partial charge in [-0.25, -0.2) is 4.39 Å². The molecule has 0 radical (unpaired) electrons. The second kappa shape index (κ2) is 19.1. The fourth-order valence-electron chi connectivity index (χ4n) is 7.13. The number of amides is 3. The number of benzene rings is 3. The van der Waals surface area contributed by atoms with Gasteiger partial charge in [0.2, 0.25) is 12.2 Å². The van der Waals surface area contributed by atoms with Crippen LogP contribution in [0, 0.1) is 17.1 Å². The van der Waals surface area contributed by atoms with E-state index in [9.17, 15) is 10.1 Å². The molecular weight excluding hydrogens is 729 g/mol. The first-order chi connectivity index (χ1) is 26.7. The van der Waals surface area contributed by atoms with Gasteiger partial charge < -0.3 is 46.1 Å². The molecule has 0 saturated carbocycles. The predicted molar refractivity (Wildman–Crippen MR) is 203 cm³/mol. The lowest BCUT2D eigenvalue weighted by Crippen LogP contribution is -2.75. The fraction of sp³-hybridized carbons (Fsp3) is 0.450. The van der Waals surface area contributed by atoms with Crippen LogP contribution in [-0.2, 0) is 14.4 Å². The van der Waals surface area contributed by atoms with Crippen molar-refractivity contribution >= 4 is 29.3 Å². The maximum atomic E-state index is 15.5. The fourth-order valence-corrected chi connectivity index (χ4v) is 7.31. The van der Waals surface area contributed by atoms with Crippen molar-refractivity contribution in [2.24, 2.45) is 0 Å². The summed E-state index contributed by atoms with van der Waals surface area (Å²) in [5.74, 6) is -3.13. The highest BCUT2D eigenvalue weighted by molar-refractivity contribution is 6.30. The summed E-state index contributed by atoms with van der Waals surface area (Å²) in [4.78, 5) is 45.5. The molecule has 0 bridgehead atoms. The molecule has 3 aliphatic heterocycles. The molecule has 3 aromatic carbocycles. The van der Waals surface area contributed by atoms with Gasteiger partial charge in [0.25, 0.3) is 23.3 Å². The van der Waals surface area contributed by atoms with Crippen molar-refractivity contribution in [1.29, 1.82) is 5.26 Å². The minimum Gasteiger partial charge on any atom is -0.475 e. The summed E-state index contributed by atoms with van der Waals surface area (Å²) in [6.07, 6.45) is -0.463. The van der Waals surface area contributed by atoms with Gasteiger partial charge in [0.05, 0.1) is 11.6 Å².